The van der Waals surface area contributed by atoms with Crippen LogP contribution in [0, 0.1) is 0 Å². The van der Waals surface area contributed by atoms with E-state index in [-0.39, 0.29) is 5.69 Å². The van der Waals surface area contributed by atoms with E-state index >= 15 is 0 Å². The molecule has 0 aliphatic rings. The summed E-state index contributed by atoms with van der Waals surface area (Å²) in [6, 6.07) is 1.56. The molecule has 0 unspecified atom stereocenters. The number of hydrogen-bond donors (Lipinski definition) is 2. The van der Waals surface area contributed by atoms with Crippen molar-refractivity contribution in [3.63, 3.8) is 0 Å². The first-order valence-corrected chi connectivity index (χ1v) is 3.77. The van der Waals surface area contributed by atoms with Gasteiger partial charge in [-0.05, 0) is 6.07 Å². The fourth-order valence-electron chi connectivity index (χ4n) is 1.03. The Balaban J connectivity index is 2.76. The maximum atomic E-state index is 10.6. The van der Waals surface area contributed by atoms with Gasteiger partial charge in [0.2, 0.25) is 0 Å². The van der Waals surface area contributed by atoms with E-state index in [1.807, 2.05) is 0 Å². The van der Waals surface area contributed by atoms with Gasteiger partial charge >= 0.3 is 13.6 Å². The number of aromatic nitrogens is 1. The quantitative estimate of drug-likeness (QED) is 0.645. The van der Waals surface area contributed by atoms with E-state index in [2.05, 4.69) is 5.23 Å². The number of rotatable bonds is 4. The monoisotopic (exact) mass is 182 g/mol. The van der Waals surface area contributed by atoms with Crippen molar-refractivity contribution in [2.24, 2.45) is 7.05 Å². The lowest BCUT2D eigenvalue weighted by Crippen LogP contribution is -2.07. The molecular formula is C7H11BN2O3. The number of aromatic carboxylic acids is 1. The topological polar surface area (TPSA) is 63.5 Å². The third-order valence-electron chi connectivity index (χ3n) is 1.64. The largest absolute Gasteiger partial charge is 0.477 e. The number of aryl methyl sites for hydroxylation is 1. The Bertz CT molecular complexity index is 311. The van der Waals surface area contributed by atoms with Crippen molar-refractivity contribution >= 4 is 19.3 Å². The second kappa shape index (κ2) is 4.00. The molecule has 2 N–H and O–H groups in total. The van der Waals surface area contributed by atoms with E-state index in [1.54, 1.807) is 31.0 Å². The van der Waals surface area contributed by atoms with Crippen LogP contribution in [0.4, 0.5) is 5.69 Å². The predicted molar refractivity (Wildman–Crippen MR) is 50.2 cm³/mol. The van der Waals surface area contributed by atoms with Gasteiger partial charge in [-0.25, -0.2) is 4.79 Å². The van der Waals surface area contributed by atoms with Gasteiger partial charge in [0, 0.05) is 26.0 Å². The van der Waals surface area contributed by atoms with E-state index in [1.165, 1.54) is 0 Å². The first-order valence-electron chi connectivity index (χ1n) is 3.77. The summed E-state index contributed by atoms with van der Waals surface area (Å²) in [4.78, 5) is 10.6. The first kappa shape index (κ1) is 9.66. The highest BCUT2D eigenvalue weighted by atomic mass is 16.4. The van der Waals surface area contributed by atoms with Crippen molar-refractivity contribution in [3.05, 3.63) is 18.0 Å². The van der Waals surface area contributed by atoms with Crippen LogP contribution in [0.5, 0.6) is 0 Å². The van der Waals surface area contributed by atoms with Crippen molar-refractivity contribution in [3.8, 4) is 0 Å². The normalized spacial score (nSPS) is 9.69. The van der Waals surface area contributed by atoms with E-state index in [9.17, 15) is 4.79 Å². The lowest BCUT2D eigenvalue weighted by Gasteiger charge is -1.96. The van der Waals surface area contributed by atoms with Crippen molar-refractivity contribution in [2.75, 3.05) is 12.3 Å². The molecule has 6 heteroatoms. The molecule has 1 rings (SSSR count). The van der Waals surface area contributed by atoms with E-state index in [0.29, 0.717) is 7.62 Å². The highest BCUT2D eigenvalue weighted by Crippen LogP contribution is 2.11. The Morgan fingerprint density at radius 3 is 2.92 bits per heavy atom. The molecule has 0 saturated heterocycles. The first-order chi connectivity index (χ1) is 6.15. The Hall–Kier alpha value is -1.43. The molecule has 0 fully saturated rings. The standard InChI is InChI=1S/C7H11BN2O3/c1-10-4-5(9-8-13-2)3-6(10)7(11)12/h3-4,8-9H,1-2H3,(H,11,12). The van der Waals surface area contributed by atoms with E-state index < -0.39 is 5.97 Å². The molecule has 1 aromatic rings. The SMILES string of the molecule is COBNc1cc(C(=O)O)n(C)c1. The van der Waals surface area contributed by atoms with Gasteiger partial charge in [0.25, 0.3) is 0 Å². The third kappa shape index (κ3) is 2.25. The Kier molecular flexibility index (Phi) is 2.97. The van der Waals surface area contributed by atoms with E-state index in [0.717, 1.165) is 5.69 Å². The van der Waals surface area contributed by atoms with Gasteiger partial charge in [0.05, 0.1) is 0 Å². The number of carboxylic acids is 1. The molecule has 0 saturated carbocycles. The summed E-state index contributed by atoms with van der Waals surface area (Å²) in [6.07, 6.45) is 1.70. The second-order valence-electron chi connectivity index (χ2n) is 2.64. The minimum absolute atomic E-state index is 0.249. The molecule has 0 bridgehead atoms. The summed E-state index contributed by atoms with van der Waals surface area (Å²) >= 11 is 0. The second-order valence-corrected chi connectivity index (χ2v) is 2.64. The summed E-state index contributed by atoms with van der Waals surface area (Å²) < 4.78 is 6.33. The molecular weight excluding hydrogens is 171 g/mol. The number of carboxylic acid groups (broad SMARTS) is 1. The smallest absolute Gasteiger partial charge is 0.393 e. The van der Waals surface area contributed by atoms with Crippen molar-refractivity contribution in [1.29, 1.82) is 0 Å². The van der Waals surface area contributed by atoms with Gasteiger partial charge in [0.15, 0.2) is 0 Å². The fraction of sp³-hybridized carbons (Fsp3) is 0.286. The summed E-state index contributed by atoms with van der Waals surface area (Å²) in [7, 11) is 3.61. The Morgan fingerprint density at radius 1 is 1.77 bits per heavy atom. The summed E-state index contributed by atoms with van der Waals surface area (Å²) in [5.74, 6) is -0.937. The van der Waals surface area contributed by atoms with Crippen molar-refractivity contribution in [2.45, 2.75) is 0 Å². The highest BCUT2D eigenvalue weighted by molar-refractivity contribution is 6.32. The average Bonchev–Trinajstić information content (AvgIpc) is 2.43. The number of nitrogens with one attached hydrogen (secondary N) is 1. The lowest BCUT2D eigenvalue weighted by molar-refractivity contribution is 0.0686. The Morgan fingerprint density at radius 2 is 2.46 bits per heavy atom. The average molecular weight is 182 g/mol. The molecule has 0 radical (unpaired) electrons. The van der Waals surface area contributed by atoms with Crippen LogP contribution in [0.1, 0.15) is 10.5 Å². The maximum absolute atomic E-state index is 10.6. The summed E-state index contributed by atoms with van der Waals surface area (Å²) in [6.45, 7) is 0. The van der Waals surface area contributed by atoms with Crippen LogP contribution in [-0.4, -0.2) is 30.4 Å². The molecule has 0 amide bonds. The molecule has 13 heavy (non-hydrogen) atoms. The molecule has 0 aliphatic heterocycles. The van der Waals surface area contributed by atoms with Crippen LogP contribution in [0.25, 0.3) is 0 Å². The van der Waals surface area contributed by atoms with Crippen LogP contribution >= 0.6 is 0 Å². The van der Waals surface area contributed by atoms with Crippen LogP contribution in [0.15, 0.2) is 12.3 Å². The number of carbonyl (C=O) groups is 1. The minimum atomic E-state index is -0.937. The minimum Gasteiger partial charge on any atom is -0.477 e. The molecule has 70 valence electrons. The zero-order chi connectivity index (χ0) is 9.84. The van der Waals surface area contributed by atoms with Crippen LogP contribution in [0.2, 0.25) is 0 Å². The van der Waals surface area contributed by atoms with Crippen molar-refractivity contribution < 1.29 is 14.6 Å². The van der Waals surface area contributed by atoms with Crippen LogP contribution in [-0.2, 0) is 11.7 Å². The molecule has 1 heterocycles. The number of hydrogen-bond acceptors (Lipinski definition) is 3. The number of nitrogens with zero attached hydrogens (tertiary/aromatic N) is 1. The molecule has 1 aromatic heterocycles. The molecule has 0 aliphatic carbocycles. The predicted octanol–water partition coefficient (Wildman–Crippen LogP) is 0.0481. The summed E-state index contributed by atoms with van der Waals surface area (Å²) in [5, 5.41) is 11.6. The molecule has 0 atom stereocenters. The Labute approximate surface area is 76.6 Å². The van der Waals surface area contributed by atoms with Gasteiger partial charge in [0.1, 0.15) is 5.69 Å². The summed E-state index contributed by atoms with van der Waals surface area (Å²) in [5.41, 5.74) is 0.986. The van der Waals surface area contributed by atoms with Crippen LogP contribution < -0.4 is 5.23 Å². The van der Waals surface area contributed by atoms with Crippen molar-refractivity contribution in [1.82, 2.24) is 4.57 Å². The molecule has 0 aromatic carbocycles. The van der Waals surface area contributed by atoms with Gasteiger partial charge in [-0.2, -0.15) is 0 Å². The van der Waals surface area contributed by atoms with Gasteiger partial charge in [-0.15, -0.1) is 0 Å². The van der Waals surface area contributed by atoms with Gasteiger partial charge in [-0.3, -0.25) is 0 Å². The fourth-order valence-corrected chi connectivity index (χ4v) is 1.03. The lowest BCUT2D eigenvalue weighted by atomic mass is 10.2. The molecule has 5 nitrogen and oxygen atoms in total. The third-order valence-corrected chi connectivity index (χ3v) is 1.64. The van der Waals surface area contributed by atoms with Gasteiger partial charge < -0.3 is 19.6 Å². The molecule has 0 spiro atoms. The zero-order valence-corrected chi connectivity index (χ0v) is 7.57. The van der Waals surface area contributed by atoms with E-state index in [4.69, 9.17) is 9.76 Å². The number of anilines is 1. The zero-order valence-electron chi connectivity index (χ0n) is 7.57. The highest BCUT2D eigenvalue weighted by Gasteiger charge is 2.09. The van der Waals surface area contributed by atoms with Crippen LogP contribution in [0.3, 0.4) is 0 Å². The van der Waals surface area contributed by atoms with Gasteiger partial charge in [-0.1, -0.05) is 0 Å². The maximum Gasteiger partial charge on any atom is 0.393 e.